The maximum atomic E-state index is 13.3. The summed E-state index contributed by atoms with van der Waals surface area (Å²) in [6, 6.07) is -4.32. The van der Waals surface area contributed by atoms with E-state index in [1.165, 1.54) is 6.92 Å². The summed E-state index contributed by atoms with van der Waals surface area (Å²) in [7, 11) is -4.87. The molecule has 13 heteroatoms. The summed E-state index contributed by atoms with van der Waals surface area (Å²) >= 11 is 0. The Bertz CT molecular complexity index is 784. The number of carbonyl (C=O) groups excluding carboxylic acids is 3. The van der Waals surface area contributed by atoms with Gasteiger partial charge in [-0.25, -0.2) is 0 Å². The molecule has 0 heterocycles. The molecule has 10 nitrogen and oxygen atoms in total. The molecule has 0 spiro atoms. The fourth-order valence-corrected chi connectivity index (χ4v) is 4.08. The van der Waals surface area contributed by atoms with Crippen LogP contribution in [0.4, 0.5) is 3.89 Å². The molecule has 3 amide bonds. The molecule has 0 saturated carbocycles. The van der Waals surface area contributed by atoms with Crippen molar-refractivity contribution in [2.45, 2.75) is 98.0 Å². The number of nitrogens with two attached hydrogens (primary N) is 1. The van der Waals surface area contributed by atoms with Crippen molar-refractivity contribution >= 4 is 40.4 Å². The summed E-state index contributed by atoms with van der Waals surface area (Å²) in [6.07, 6.45) is 0.0358. The number of rotatable bonds is 15. The lowest BCUT2D eigenvalue weighted by atomic mass is 9.95. The number of carbonyl (C=O) groups is 3. The van der Waals surface area contributed by atoms with Crippen LogP contribution in [0, 0.1) is 17.8 Å². The molecular formula is C22H44ClFN4O6S. The second kappa shape index (κ2) is 16.3. The van der Waals surface area contributed by atoms with Crippen molar-refractivity contribution in [1.82, 2.24) is 16.0 Å². The maximum absolute atomic E-state index is 13.3. The first-order valence-corrected chi connectivity index (χ1v) is 13.4. The van der Waals surface area contributed by atoms with Crippen molar-refractivity contribution in [3.63, 3.8) is 0 Å². The molecule has 0 saturated heterocycles. The Hall–Kier alpha value is -1.50. The van der Waals surface area contributed by atoms with E-state index in [1.54, 1.807) is 20.8 Å². The quantitative estimate of drug-likeness (QED) is 0.191. The smallest absolute Gasteiger partial charge is 0.304 e. The van der Waals surface area contributed by atoms with Crippen molar-refractivity contribution in [1.29, 1.82) is 0 Å². The monoisotopic (exact) mass is 546 g/mol. The van der Waals surface area contributed by atoms with Crippen molar-refractivity contribution in [2.75, 3.05) is 5.75 Å². The van der Waals surface area contributed by atoms with E-state index in [9.17, 15) is 31.8 Å². The van der Waals surface area contributed by atoms with E-state index in [4.69, 9.17) is 5.73 Å². The van der Waals surface area contributed by atoms with Crippen LogP contribution >= 0.6 is 12.4 Å². The first kappa shape index (κ1) is 35.7. The molecule has 0 bridgehead atoms. The van der Waals surface area contributed by atoms with E-state index >= 15 is 0 Å². The molecule has 0 aliphatic heterocycles. The molecule has 0 aliphatic carbocycles. The molecule has 6 N–H and O–H groups in total. The number of amides is 3. The number of aliphatic hydroxyl groups is 1. The number of nitrogens with one attached hydrogen (secondary N) is 3. The van der Waals surface area contributed by atoms with Gasteiger partial charge in [0.25, 0.3) is 0 Å². The Morgan fingerprint density at radius 3 is 1.71 bits per heavy atom. The van der Waals surface area contributed by atoms with Crippen LogP contribution in [0.2, 0.25) is 0 Å². The van der Waals surface area contributed by atoms with Crippen LogP contribution < -0.4 is 21.7 Å². The number of hydrogen-bond acceptors (Lipinski definition) is 7. The fourth-order valence-electron chi connectivity index (χ4n) is 3.38. The Kier molecular flexibility index (Phi) is 16.6. The molecule has 0 aromatic carbocycles. The summed E-state index contributed by atoms with van der Waals surface area (Å²) in [4.78, 5) is 38.4. The number of halogens is 2. The van der Waals surface area contributed by atoms with Crippen LogP contribution in [-0.2, 0) is 24.6 Å². The topological polar surface area (TPSA) is 168 Å². The molecule has 0 rings (SSSR count). The lowest BCUT2D eigenvalue weighted by molar-refractivity contribution is -0.135. The van der Waals surface area contributed by atoms with Gasteiger partial charge in [0.05, 0.1) is 12.1 Å². The number of aliphatic hydroxyl groups excluding tert-OH is 1. The van der Waals surface area contributed by atoms with Gasteiger partial charge in [0.2, 0.25) is 17.7 Å². The van der Waals surface area contributed by atoms with E-state index in [0.717, 1.165) is 0 Å². The average Bonchev–Trinajstić information content (AvgIpc) is 2.71. The third kappa shape index (κ3) is 13.4. The van der Waals surface area contributed by atoms with Gasteiger partial charge in [0.1, 0.15) is 17.8 Å². The highest BCUT2D eigenvalue weighted by Gasteiger charge is 2.34. The summed E-state index contributed by atoms with van der Waals surface area (Å²) in [5.41, 5.74) is 5.98. The van der Waals surface area contributed by atoms with Crippen LogP contribution in [-0.4, -0.2) is 67.3 Å². The van der Waals surface area contributed by atoms with E-state index in [2.05, 4.69) is 16.0 Å². The normalized spacial score (nSPS) is 17.7. The molecule has 0 aliphatic rings. The zero-order valence-corrected chi connectivity index (χ0v) is 23.3. The molecule has 208 valence electrons. The summed E-state index contributed by atoms with van der Waals surface area (Å²) < 4.78 is 35.5. The van der Waals surface area contributed by atoms with Crippen LogP contribution in [0.3, 0.4) is 0 Å². The van der Waals surface area contributed by atoms with Crippen molar-refractivity contribution in [2.24, 2.45) is 23.5 Å². The zero-order chi connectivity index (χ0) is 26.8. The minimum atomic E-state index is -4.87. The fraction of sp³-hybridized carbons (Fsp3) is 0.864. The van der Waals surface area contributed by atoms with Crippen molar-refractivity contribution in [3.05, 3.63) is 0 Å². The molecule has 35 heavy (non-hydrogen) atoms. The minimum Gasteiger partial charge on any atom is -0.391 e. The molecule has 0 aromatic heterocycles. The molecule has 0 radical (unpaired) electrons. The van der Waals surface area contributed by atoms with Gasteiger partial charge < -0.3 is 26.8 Å². The molecular weight excluding hydrogens is 503 g/mol. The first-order chi connectivity index (χ1) is 15.5. The third-order valence-corrected chi connectivity index (χ3v) is 6.72. The van der Waals surface area contributed by atoms with Gasteiger partial charge in [-0.2, -0.15) is 8.42 Å². The Labute approximate surface area is 215 Å². The molecule has 0 aromatic rings. The Morgan fingerprint density at radius 1 is 0.857 bits per heavy atom. The second-order valence-corrected chi connectivity index (χ2v) is 11.0. The minimum absolute atomic E-state index is 0. The standard InChI is InChI=1S/C22H43FN4O6S.ClH/c1-8-13(5)17(24)20(29)26-18(14(6)9-2)21(30)27-19(15(7)28)22(31)25-16(10-12(3)4)11-34(23,32)33;/h12-19,28H,8-11,24H2,1-7H3,(H,25,31)(H,26,29)(H,27,30);1H/t13-,14-,15+,16-,17-,18-,19-;/m0./s1. The third-order valence-electron chi connectivity index (χ3n) is 5.92. The SMILES string of the molecule is CC[C@H](C)[C@H](N)C(=O)N[C@H](C(=O)N[C@H](C(=O)N[C@@H](CC(C)C)CS(=O)(=O)F)[C@@H](C)O)[C@@H](C)CC.Cl. The lowest BCUT2D eigenvalue weighted by Crippen LogP contribution is -2.61. The lowest BCUT2D eigenvalue weighted by Gasteiger charge is -2.30. The first-order valence-electron chi connectivity index (χ1n) is 11.8. The van der Waals surface area contributed by atoms with Crippen LogP contribution in [0.15, 0.2) is 0 Å². The maximum Gasteiger partial charge on any atom is 0.304 e. The van der Waals surface area contributed by atoms with E-state index in [-0.39, 0.29) is 36.6 Å². The van der Waals surface area contributed by atoms with E-state index < -0.39 is 64.0 Å². The Morgan fingerprint density at radius 2 is 1.31 bits per heavy atom. The largest absolute Gasteiger partial charge is 0.391 e. The van der Waals surface area contributed by atoms with Crippen LogP contribution in [0.5, 0.6) is 0 Å². The second-order valence-electron chi connectivity index (χ2n) is 9.55. The zero-order valence-electron chi connectivity index (χ0n) is 21.7. The molecule has 7 atom stereocenters. The summed E-state index contributed by atoms with van der Waals surface area (Å²) in [5, 5.41) is 17.6. The van der Waals surface area contributed by atoms with Gasteiger partial charge in [-0.1, -0.05) is 54.4 Å². The highest BCUT2D eigenvalue weighted by molar-refractivity contribution is 7.86. The predicted molar refractivity (Wildman–Crippen MR) is 136 cm³/mol. The highest BCUT2D eigenvalue weighted by atomic mass is 35.5. The van der Waals surface area contributed by atoms with Gasteiger partial charge in [-0.15, -0.1) is 16.3 Å². The molecule has 0 unspecified atom stereocenters. The van der Waals surface area contributed by atoms with Gasteiger partial charge in [-0.05, 0) is 31.1 Å². The summed E-state index contributed by atoms with van der Waals surface area (Å²) in [5.74, 6) is -3.44. The van der Waals surface area contributed by atoms with Crippen molar-refractivity contribution in [3.8, 4) is 0 Å². The summed E-state index contributed by atoms with van der Waals surface area (Å²) in [6.45, 7) is 12.1. The average molecular weight is 547 g/mol. The Balaban J connectivity index is 0. The van der Waals surface area contributed by atoms with Crippen LogP contribution in [0.1, 0.15) is 67.7 Å². The van der Waals surface area contributed by atoms with Gasteiger partial charge in [0.15, 0.2) is 0 Å². The van der Waals surface area contributed by atoms with Gasteiger partial charge >= 0.3 is 10.2 Å². The van der Waals surface area contributed by atoms with Gasteiger partial charge in [-0.3, -0.25) is 14.4 Å². The number of hydrogen-bond donors (Lipinski definition) is 5. The van der Waals surface area contributed by atoms with Gasteiger partial charge in [0, 0.05) is 6.04 Å². The van der Waals surface area contributed by atoms with Crippen LogP contribution in [0.25, 0.3) is 0 Å². The molecule has 0 fully saturated rings. The van der Waals surface area contributed by atoms with Crippen molar-refractivity contribution < 1.29 is 31.8 Å². The highest BCUT2D eigenvalue weighted by Crippen LogP contribution is 2.13. The predicted octanol–water partition coefficient (Wildman–Crippen LogP) is 1.01. The van der Waals surface area contributed by atoms with E-state index in [0.29, 0.717) is 12.8 Å². The van der Waals surface area contributed by atoms with E-state index in [1.807, 2.05) is 20.8 Å².